The number of nitro benzene ring substituents is 1. The number of primary sulfonamides is 1. The molecule has 1 unspecified atom stereocenters. The van der Waals surface area contributed by atoms with Crippen molar-refractivity contribution in [3.05, 3.63) is 93.5 Å². The number of carbonyl (C=O) groups is 1. The lowest BCUT2D eigenvalue weighted by Gasteiger charge is -2.38. The van der Waals surface area contributed by atoms with Crippen molar-refractivity contribution in [2.24, 2.45) is 5.14 Å². The molecule has 0 aromatic heterocycles. The standard InChI is InChI=1S/C27H30N4O5S2/c1-18(2)37-26-6-4-3-5-20(26)15-22-17-29-13-14-30(22)21-9-7-19(8-10-21)27(32)24-12-11-23(38(28,35)36)16-25(24)31(33)34/h3-12,16,18,22,29H,13-15,17H2,1-2H3,(H2,28,35,36). The monoisotopic (exact) mass is 554 g/mol. The summed E-state index contributed by atoms with van der Waals surface area (Å²) in [4.78, 5) is 27.1. The fourth-order valence-electron chi connectivity index (χ4n) is 4.57. The third-order valence-electron chi connectivity index (χ3n) is 6.34. The molecule has 200 valence electrons. The maximum atomic E-state index is 13.1. The number of rotatable bonds is 9. The summed E-state index contributed by atoms with van der Waals surface area (Å²) in [6.07, 6.45) is 0.867. The molecule has 38 heavy (non-hydrogen) atoms. The Labute approximate surface area is 226 Å². The highest BCUT2D eigenvalue weighted by Crippen LogP contribution is 2.30. The average molecular weight is 555 g/mol. The lowest BCUT2D eigenvalue weighted by Crippen LogP contribution is -2.52. The Hall–Kier alpha value is -3.25. The fourth-order valence-corrected chi connectivity index (χ4v) is 6.07. The van der Waals surface area contributed by atoms with Crippen molar-refractivity contribution in [3.63, 3.8) is 0 Å². The molecule has 1 heterocycles. The van der Waals surface area contributed by atoms with Crippen LogP contribution in [0.4, 0.5) is 11.4 Å². The summed E-state index contributed by atoms with van der Waals surface area (Å²) in [6.45, 7) is 6.83. The maximum absolute atomic E-state index is 13.1. The first-order chi connectivity index (χ1) is 18.0. The van der Waals surface area contributed by atoms with Crippen LogP contribution in [0.2, 0.25) is 0 Å². The normalized spacial score (nSPS) is 16.0. The van der Waals surface area contributed by atoms with E-state index in [1.807, 2.05) is 23.9 Å². The number of nitrogens with two attached hydrogens (primary N) is 1. The zero-order valence-electron chi connectivity index (χ0n) is 21.2. The summed E-state index contributed by atoms with van der Waals surface area (Å²) in [5, 5.41) is 20.6. The van der Waals surface area contributed by atoms with Crippen molar-refractivity contribution in [2.75, 3.05) is 24.5 Å². The number of sulfonamides is 1. The second-order valence-corrected chi connectivity index (χ2v) is 12.6. The average Bonchev–Trinajstić information content (AvgIpc) is 2.88. The van der Waals surface area contributed by atoms with Gasteiger partial charge in [0, 0.05) is 53.1 Å². The summed E-state index contributed by atoms with van der Waals surface area (Å²) < 4.78 is 23.2. The number of hydrogen-bond acceptors (Lipinski definition) is 8. The Kier molecular flexibility index (Phi) is 8.51. The van der Waals surface area contributed by atoms with Crippen LogP contribution in [0.5, 0.6) is 0 Å². The van der Waals surface area contributed by atoms with Crippen LogP contribution in [-0.2, 0) is 16.4 Å². The molecule has 3 aromatic rings. The topological polar surface area (TPSA) is 136 Å². The largest absolute Gasteiger partial charge is 0.366 e. The summed E-state index contributed by atoms with van der Waals surface area (Å²) in [5.74, 6) is -0.569. The van der Waals surface area contributed by atoms with Gasteiger partial charge in [0.2, 0.25) is 10.0 Å². The van der Waals surface area contributed by atoms with Crippen molar-refractivity contribution in [1.29, 1.82) is 0 Å². The molecule has 3 aromatic carbocycles. The summed E-state index contributed by atoms with van der Waals surface area (Å²) in [7, 11) is -4.15. The van der Waals surface area contributed by atoms with Gasteiger partial charge in [-0.1, -0.05) is 32.0 Å². The van der Waals surface area contributed by atoms with Crippen molar-refractivity contribution in [1.82, 2.24) is 5.32 Å². The van der Waals surface area contributed by atoms with Crippen LogP contribution < -0.4 is 15.4 Å². The molecule has 4 rings (SSSR count). The lowest BCUT2D eigenvalue weighted by atomic mass is 9.99. The third kappa shape index (κ3) is 6.41. The Morgan fingerprint density at radius 2 is 1.87 bits per heavy atom. The molecule has 1 aliphatic heterocycles. The van der Waals surface area contributed by atoms with E-state index in [-0.39, 0.29) is 17.2 Å². The number of thioether (sulfide) groups is 1. The minimum Gasteiger partial charge on any atom is -0.366 e. The highest BCUT2D eigenvalue weighted by molar-refractivity contribution is 8.00. The number of nitrogens with zero attached hydrogens (tertiary/aromatic N) is 2. The lowest BCUT2D eigenvalue weighted by molar-refractivity contribution is -0.385. The summed E-state index contributed by atoms with van der Waals surface area (Å²) in [5.41, 5.74) is 1.72. The smallest absolute Gasteiger partial charge is 0.281 e. The van der Waals surface area contributed by atoms with E-state index in [1.54, 1.807) is 12.1 Å². The number of ketones is 1. The van der Waals surface area contributed by atoms with Crippen molar-refractivity contribution in [3.8, 4) is 0 Å². The van der Waals surface area contributed by atoms with Gasteiger partial charge in [0.15, 0.2) is 5.78 Å². The van der Waals surface area contributed by atoms with Gasteiger partial charge in [-0.3, -0.25) is 14.9 Å². The van der Waals surface area contributed by atoms with Crippen LogP contribution >= 0.6 is 11.8 Å². The minimum atomic E-state index is -4.15. The molecule has 9 nitrogen and oxygen atoms in total. The molecule has 0 spiro atoms. The highest BCUT2D eigenvalue weighted by atomic mass is 32.2. The Bertz CT molecular complexity index is 1440. The Morgan fingerprint density at radius 1 is 1.16 bits per heavy atom. The van der Waals surface area contributed by atoms with Gasteiger partial charge in [0.1, 0.15) is 5.56 Å². The van der Waals surface area contributed by atoms with E-state index in [0.717, 1.165) is 49.9 Å². The number of hydrogen-bond donors (Lipinski definition) is 2. The molecule has 0 saturated carbocycles. The third-order valence-corrected chi connectivity index (χ3v) is 8.38. The Morgan fingerprint density at radius 3 is 2.53 bits per heavy atom. The zero-order valence-corrected chi connectivity index (χ0v) is 22.8. The molecule has 11 heteroatoms. The van der Waals surface area contributed by atoms with E-state index >= 15 is 0 Å². The van der Waals surface area contributed by atoms with Gasteiger partial charge in [-0.05, 0) is 54.4 Å². The van der Waals surface area contributed by atoms with E-state index in [2.05, 4.69) is 48.3 Å². The molecule has 0 radical (unpaired) electrons. The molecule has 1 aliphatic rings. The van der Waals surface area contributed by atoms with E-state index < -0.39 is 31.3 Å². The van der Waals surface area contributed by atoms with Crippen molar-refractivity contribution < 1.29 is 18.1 Å². The van der Waals surface area contributed by atoms with Gasteiger partial charge >= 0.3 is 0 Å². The first kappa shape index (κ1) is 27.8. The molecule has 1 fully saturated rings. The predicted octanol–water partition coefficient (Wildman–Crippen LogP) is 3.99. The van der Waals surface area contributed by atoms with Crippen LogP contribution in [0.15, 0.2) is 76.5 Å². The molecule has 0 aliphatic carbocycles. The molecule has 3 N–H and O–H groups in total. The Balaban J connectivity index is 1.58. The number of nitro groups is 1. The van der Waals surface area contributed by atoms with Crippen LogP contribution in [0, 0.1) is 10.1 Å². The molecule has 0 amide bonds. The van der Waals surface area contributed by atoms with E-state index in [9.17, 15) is 23.3 Å². The molecular formula is C27H30N4O5S2. The predicted molar refractivity (Wildman–Crippen MR) is 149 cm³/mol. The summed E-state index contributed by atoms with van der Waals surface area (Å²) >= 11 is 1.85. The molecule has 0 bridgehead atoms. The molecule has 1 saturated heterocycles. The van der Waals surface area contributed by atoms with Gasteiger partial charge in [0.05, 0.1) is 9.82 Å². The number of piperazine rings is 1. The van der Waals surface area contributed by atoms with Gasteiger partial charge in [-0.25, -0.2) is 13.6 Å². The maximum Gasteiger partial charge on any atom is 0.281 e. The molecule has 1 atom stereocenters. The van der Waals surface area contributed by atoms with E-state index in [0.29, 0.717) is 5.25 Å². The first-order valence-electron chi connectivity index (χ1n) is 12.2. The minimum absolute atomic E-state index is 0.200. The van der Waals surface area contributed by atoms with E-state index in [1.165, 1.54) is 10.5 Å². The second kappa shape index (κ2) is 11.6. The van der Waals surface area contributed by atoms with Gasteiger partial charge in [0.25, 0.3) is 5.69 Å². The number of benzene rings is 3. The highest BCUT2D eigenvalue weighted by Gasteiger charge is 2.26. The molecular weight excluding hydrogens is 524 g/mol. The second-order valence-electron chi connectivity index (χ2n) is 9.39. The summed E-state index contributed by atoms with van der Waals surface area (Å²) in [6, 6.07) is 18.7. The van der Waals surface area contributed by atoms with Crippen molar-refractivity contribution in [2.45, 2.75) is 41.4 Å². The van der Waals surface area contributed by atoms with Crippen LogP contribution in [-0.4, -0.2) is 50.1 Å². The first-order valence-corrected chi connectivity index (χ1v) is 14.6. The SMILES string of the molecule is CC(C)Sc1ccccc1CC1CNCCN1c1ccc(C(=O)c2ccc(S(N)(=O)=O)cc2[N+](=O)[O-])cc1. The fraction of sp³-hybridized carbons (Fsp3) is 0.296. The van der Waals surface area contributed by atoms with E-state index in [4.69, 9.17) is 5.14 Å². The van der Waals surface area contributed by atoms with Gasteiger partial charge in [-0.2, -0.15) is 0 Å². The number of nitrogens with one attached hydrogen (secondary N) is 1. The van der Waals surface area contributed by atoms with Crippen LogP contribution in [0.25, 0.3) is 0 Å². The number of carbonyl (C=O) groups excluding carboxylic acids is 1. The quantitative estimate of drug-likeness (QED) is 0.175. The number of anilines is 1. The van der Waals surface area contributed by atoms with Crippen molar-refractivity contribution >= 4 is 38.9 Å². The van der Waals surface area contributed by atoms with Gasteiger partial charge < -0.3 is 10.2 Å². The van der Waals surface area contributed by atoms with Crippen LogP contribution in [0.3, 0.4) is 0 Å². The van der Waals surface area contributed by atoms with Crippen LogP contribution in [0.1, 0.15) is 35.3 Å². The van der Waals surface area contributed by atoms with Gasteiger partial charge in [-0.15, -0.1) is 11.8 Å². The zero-order chi connectivity index (χ0) is 27.4.